The van der Waals surface area contributed by atoms with Crippen molar-refractivity contribution in [2.75, 3.05) is 0 Å². The van der Waals surface area contributed by atoms with Crippen LogP contribution in [0.1, 0.15) is 11.1 Å². The van der Waals surface area contributed by atoms with Gasteiger partial charge in [-0.05, 0) is 23.8 Å². The number of aliphatic carboxylic acids is 1. The van der Waals surface area contributed by atoms with Gasteiger partial charge in [-0.15, -0.1) is 0 Å². The monoisotopic (exact) mass is 249 g/mol. The predicted molar refractivity (Wildman–Crippen MR) is 50.5 cm³/mol. The van der Waals surface area contributed by atoms with Crippen LogP contribution in [0.25, 0.3) is 6.08 Å². The highest BCUT2D eigenvalue weighted by Crippen LogP contribution is 2.34. The average molecular weight is 250 g/mol. The van der Waals surface area contributed by atoms with E-state index in [0.29, 0.717) is 6.08 Å². The molecule has 0 unspecified atom stereocenters. The van der Waals surface area contributed by atoms with E-state index in [9.17, 15) is 23.1 Å². The van der Waals surface area contributed by atoms with E-state index in [1.165, 1.54) is 6.07 Å². The van der Waals surface area contributed by atoms with E-state index in [4.69, 9.17) is 11.6 Å². The summed E-state index contributed by atoms with van der Waals surface area (Å²) in [5.41, 5.74) is -1.27. The second-order valence-corrected chi connectivity index (χ2v) is 3.32. The first-order chi connectivity index (χ1) is 7.30. The van der Waals surface area contributed by atoms with Gasteiger partial charge in [0.15, 0.2) is 0 Å². The first kappa shape index (κ1) is 12.6. The van der Waals surface area contributed by atoms with Crippen molar-refractivity contribution in [2.24, 2.45) is 0 Å². The van der Waals surface area contributed by atoms with Gasteiger partial charge in [0.25, 0.3) is 0 Å². The lowest BCUT2D eigenvalue weighted by molar-refractivity contribution is -0.297. The number of carboxylic acids is 1. The first-order valence-electron chi connectivity index (χ1n) is 4.06. The van der Waals surface area contributed by atoms with Gasteiger partial charge in [-0.25, -0.2) is 0 Å². The maximum absolute atomic E-state index is 12.5. The Morgan fingerprint density at radius 2 is 2.00 bits per heavy atom. The Labute approximate surface area is 94.0 Å². The molecule has 1 aromatic rings. The second kappa shape index (κ2) is 4.57. The van der Waals surface area contributed by atoms with Gasteiger partial charge in [0.1, 0.15) is 0 Å². The lowest BCUT2D eigenvalue weighted by Gasteiger charge is -2.10. The molecule has 0 fully saturated rings. The standard InChI is InChI=1S/C10H6ClF3O2/c11-7-3-1-6(2-4-9(15)16)8(5-7)10(12,13)14/h1-5H,(H,15,16)/p-1. The minimum Gasteiger partial charge on any atom is -0.545 e. The fourth-order valence-corrected chi connectivity index (χ4v) is 1.25. The highest BCUT2D eigenvalue weighted by molar-refractivity contribution is 6.30. The first-order valence-corrected chi connectivity index (χ1v) is 4.44. The van der Waals surface area contributed by atoms with Gasteiger partial charge in [-0.3, -0.25) is 0 Å². The number of rotatable bonds is 2. The summed E-state index contributed by atoms with van der Waals surface area (Å²) in [6.45, 7) is 0. The van der Waals surface area contributed by atoms with Crippen LogP contribution in [-0.4, -0.2) is 5.97 Å². The molecule has 0 atom stereocenters. The Bertz CT molecular complexity index is 438. The summed E-state index contributed by atoms with van der Waals surface area (Å²) in [6.07, 6.45) is -3.25. The van der Waals surface area contributed by atoms with Gasteiger partial charge >= 0.3 is 6.18 Å². The molecule has 0 aliphatic carbocycles. The summed E-state index contributed by atoms with van der Waals surface area (Å²) < 4.78 is 37.5. The molecular formula is C10H5ClF3O2-. The van der Waals surface area contributed by atoms with Gasteiger partial charge in [0.2, 0.25) is 0 Å². The molecule has 0 heterocycles. The van der Waals surface area contributed by atoms with E-state index < -0.39 is 17.7 Å². The molecule has 0 aliphatic heterocycles. The SMILES string of the molecule is O=C([O-])C=Cc1ccc(Cl)cc1C(F)(F)F. The molecule has 0 aromatic heterocycles. The zero-order valence-electron chi connectivity index (χ0n) is 7.72. The lowest BCUT2D eigenvalue weighted by atomic mass is 10.1. The summed E-state index contributed by atoms with van der Waals surface area (Å²) >= 11 is 5.43. The van der Waals surface area contributed by atoms with E-state index in [2.05, 4.69) is 0 Å². The quantitative estimate of drug-likeness (QED) is 0.753. The lowest BCUT2D eigenvalue weighted by Crippen LogP contribution is -2.18. The Hall–Kier alpha value is -1.49. The van der Waals surface area contributed by atoms with Gasteiger partial charge in [0, 0.05) is 5.02 Å². The average Bonchev–Trinajstić information content (AvgIpc) is 2.14. The van der Waals surface area contributed by atoms with Crippen LogP contribution in [0.4, 0.5) is 13.2 Å². The molecule has 2 nitrogen and oxygen atoms in total. The summed E-state index contributed by atoms with van der Waals surface area (Å²) in [5, 5.41) is 10.0. The van der Waals surface area contributed by atoms with Crippen LogP contribution in [0.3, 0.4) is 0 Å². The fraction of sp³-hybridized carbons (Fsp3) is 0.100. The van der Waals surface area contributed by atoms with Crippen LogP contribution in [0.5, 0.6) is 0 Å². The van der Waals surface area contributed by atoms with E-state index in [1.54, 1.807) is 0 Å². The van der Waals surface area contributed by atoms with E-state index >= 15 is 0 Å². The maximum atomic E-state index is 12.5. The van der Waals surface area contributed by atoms with Crippen molar-refractivity contribution in [3.63, 3.8) is 0 Å². The maximum Gasteiger partial charge on any atom is 0.417 e. The predicted octanol–water partition coefficient (Wildman–Crippen LogP) is 2.12. The fourth-order valence-electron chi connectivity index (χ4n) is 1.08. The molecule has 0 radical (unpaired) electrons. The van der Waals surface area contributed by atoms with Crippen LogP contribution in [0, 0.1) is 0 Å². The third-order valence-corrected chi connectivity index (χ3v) is 1.95. The van der Waals surface area contributed by atoms with Crippen molar-refractivity contribution in [3.05, 3.63) is 40.4 Å². The summed E-state index contributed by atoms with van der Waals surface area (Å²) in [6, 6.07) is 3.06. The van der Waals surface area contributed by atoms with E-state index in [1.807, 2.05) is 0 Å². The topological polar surface area (TPSA) is 40.1 Å². The van der Waals surface area contributed by atoms with Crippen LogP contribution in [-0.2, 0) is 11.0 Å². The Kier molecular flexibility index (Phi) is 3.59. The smallest absolute Gasteiger partial charge is 0.417 e. The zero-order valence-corrected chi connectivity index (χ0v) is 8.47. The van der Waals surface area contributed by atoms with Crippen molar-refractivity contribution in [1.82, 2.24) is 0 Å². The molecule has 86 valence electrons. The van der Waals surface area contributed by atoms with Gasteiger partial charge < -0.3 is 9.90 Å². The van der Waals surface area contributed by atoms with Crippen LogP contribution < -0.4 is 5.11 Å². The number of benzene rings is 1. The molecule has 0 spiro atoms. The number of halogens is 4. The molecule has 1 aromatic carbocycles. The zero-order chi connectivity index (χ0) is 12.3. The molecule has 0 aliphatic rings. The summed E-state index contributed by atoms with van der Waals surface area (Å²) in [4.78, 5) is 10.1. The van der Waals surface area contributed by atoms with Gasteiger partial charge in [0.05, 0.1) is 11.5 Å². The highest BCUT2D eigenvalue weighted by Gasteiger charge is 2.32. The van der Waals surface area contributed by atoms with Crippen molar-refractivity contribution >= 4 is 23.6 Å². The van der Waals surface area contributed by atoms with Crippen molar-refractivity contribution in [1.29, 1.82) is 0 Å². The molecule has 0 saturated heterocycles. The summed E-state index contributed by atoms with van der Waals surface area (Å²) in [7, 11) is 0. The number of alkyl halides is 3. The Balaban J connectivity index is 3.23. The van der Waals surface area contributed by atoms with Gasteiger partial charge in [-0.1, -0.05) is 23.7 Å². The van der Waals surface area contributed by atoms with Crippen molar-refractivity contribution < 1.29 is 23.1 Å². The minimum atomic E-state index is -4.59. The number of carboxylic acid groups (broad SMARTS) is 1. The Morgan fingerprint density at radius 1 is 1.38 bits per heavy atom. The van der Waals surface area contributed by atoms with Crippen molar-refractivity contribution in [3.8, 4) is 0 Å². The third kappa shape index (κ3) is 3.27. The number of hydrogen-bond acceptors (Lipinski definition) is 2. The van der Waals surface area contributed by atoms with Gasteiger partial charge in [-0.2, -0.15) is 13.2 Å². The number of carbonyl (C=O) groups is 1. The van der Waals surface area contributed by atoms with Crippen molar-refractivity contribution in [2.45, 2.75) is 6.18 Å². The molecular weight excluding hydrogens is 245 g/mol. The molecule has 6 heteroatoms. The molecule has 1 rings (SSSR count). The van der Waals surface area contributed by atoms with Crippen LogP contribution >= 0.6 is 11.6 Å². The largest absolute Gasteiger partial charge is 0.545 e. The number of carbonyl (C=O) groups excluding carboxylic acids is 1. The van der Waals surface area contributed by atoms with E-state index in [-0.39, 0.29) is 10.6 Å². The Morgan fingerprint density at radius 3 is 2.50 bits per heavy atom. The van der Waals surface area contributed by atoms with E-state index in [0.717, 1.165) is 18.2 Å². The molecule has 0 saturated carbocycles. The second-order valence-electron chi connectivity index (χ2n) is 2.88. The van der Waals surface area contributed by atoms with Crippen LogP contribution in [0.2, 0.25) is 5.02 Å². The molecule has 0 bridgehead atoms. The third-order valence-electron chi connectivity index (χ3n) is 1.72. The molecule has 0 amide bonds. The summed E-state index contributed by atoms with van der Waals surface area (Å²) in [5.74, 6) is -1.57. The normalized spacial score (nSPS) is 12.0. The molecule has 0 N–H and O–H groups in total. The van der Waals surface area contributed by atoms with Crippen LogP contribution in [0.15, 0.2) is 24.3 Å². The number of hydrogen-bond donors (Lipinski definition) is 0. The minimum absolute atomic E-state index is 0.0714. The highest BCUT2D eigenvalue weighted by atomic mass is 35.5. The molecule has 16 heavy (non-hydrogen) atoms.